The van der Waals surface area contributed by atoms with Crippen molar-refractivity contribution in [1.82, 2.24) is 0 Å². The number of aromatic hydroxyl groups is 1. The Morgan fingerprint density at radius 3 is 2.14 bits per heavy atom. The number of phenolic OH excluding ortho intramolecular Hbond substituents is 1. The summed E-state index contributed by atoms with van der Waals surface area (Å²) >= 11 is 0. The fraction of sp³-hybridized carbons (Fsp3) is 0.400. The third kappa shape index (κ3) is 1.75. The first-order valence-corrected chi connectivity index (χ1v) is 4.31. The van der Waals surface area contributed by atoms with Gasteiger partial charge < -0.3 is 20.3 Å². The topological polar surface area (TPSA) is 64.7 Å². The van der Waals surface area contributed by atoms with Crippen LogP contribution < -0.4 is 15.2 Å². The minimum atomic E-state index is -0.306. The van der Waals surface area contributed by atoms with Gasteiger partial charge in [0, 0.05) is 6.04 Å². The van der Waals surface area contributed by atoms with E-state index in [0.717, 1.165) is 0 Å². The van der Waals surface area contributed by atoms with Crippen LogP contribution >= 0.6 is 0 Å². The van der Waals surface area contributed by atoms with Crippen LogP contribution in [0.5, 0.6) is 17.2 Å². The summed E-state index contributed by atoms with van der Waals surface area (Å²) < 4.78 is 10.1. The number of ether oxygens (including phenoxy) is 2. The molecule has 0 bridgehead atoms. The zero-order valence-corrected chi connectivity index (χ0v) is 8.57. The standard InChI is InChI=1S/C10H15NO3/c1-6(11)9-7(13-2)4-5-8(14-3)10(9)12/h4-6,12H,11H2,1-3H3/t6-/m0/s1. The lowest BCUT2D eigenvalue weighted by Gasteiger charge is -2.15. The first-order valence-electron chi connectivity index (χ1n) is 4.31. The molecule has 0 aliphatic rings. The molecule has 3 N–H and O–H groups in total. The SMILES string of the molecule is COc1ccc(OC)c([C@H](C)N)c1O. The van der Waals surface area contributed by atoms with Gasteiger partial charge in [-0.15, -0.1) is 0 Å². The molecule has 4 nitrogen and oxygen atoms in total. The van der Waals surface area contributed by atoms with E-state index in [1.165, 1.54) is 14.2 Å². The normalized spacial score (nSPS) is 12.3. The van der Waals surface area contributed by atoms with Gasteiger partial charge in [-0.2, -0.15) is 0 Å². The number of nitrogens with two attached hydrogens (primary N) is 1. The van der Waals surface area contributed by atoms with Crippen molar-refractivity contribution in [3.8, 4) is 17.2 Å². The maximum absolute atomic E-state index is 9.79. The summed E-state index contributed by atoms with van der Waals surface area (Å²) in [7, 11) is 3.03. The Balaban J connectivity index is 3.31. The third-order valence-electron chi connectivity index (χ3n) is 2.04. The highest BCUT2D eigenvalue weighted by molar-refractivity contribution is 5.54. The van der Waals surface area contributed by atoms with Crippen LogP contribution in [0.3, 0.4) is 0 Å². The van der Waals surface area contributed by atoms with Crippen molar-refractivity contribution < 1.29 is 14.6 Å². The second-order valence-electron chi connectivity index (χ2n) is 3.02. The van der Waals surface area contributed by atoms with Gasteiger partial charge in [-0.3, -0.25) is 0 Å². The van der Waals surface area contributed by atoms with E-state index < -0.39 is 0 Å². The molecular weight excluding hydrogens is 182 g/mol. The molecule has 0 unspecified atom stereocenters. The molecule has 0 spiro atoms. The summed E-state index contributed by atoms with van der Waals surface area (Å²) in [4.78, 5) is 0. The molecule has 0 fully saturated rings. The van der Waals surface area contributed by atoms with Crippen LogP contribution in [-0.4, -0.2) is 19.3 Å². The summed E-state index contributed by atoms with van der Waals surface area (Å²) in [6.45, 7) is 1.77. The summed E-state index contributed by atoms with van der Waals surface area (Å²) in [5.74, 6) is 1.01. The molecule has 0 amide bonds. The van der Waals surface area contributed by atoms with Crippen molar-refractivity contribution in [2.45, 2.75) is 13.0 Å². The Labute approximate surface area is 83.3 Å². The number of hydrogen-bond acceptors (Lipinski definition) is 4. The number of hydrogen-bond donors (Lipinski definition) is 2. The average Bonchev–Trinajstić information content (AvgIpc) is 2.16. The Bertz CT molecular complexity index is 323. The van der Waals surface area contributed by atoms with E-state index >= 15 is 0 Å². The summed E-state index contributed by atoms with van der Waals surface area (Å²) in [5, 5.41) is 9.79. The Kier molecular flexibility index (Phi) is 3.19. The average molecular weight is 197 g/mol. The van der Waals surface area contributed by atoms with Gasteiger partial charge in [0.2, 0.25) is 0 Å². The van der Waals surface area contributed by atoms with Crippen molar-refractivity contribution in [2.75, 3.05) is 14.2 Å². The molecule has 1 aromatic carbocycles. The lowest BCUT2D eigenvalue weighted by molar-refractivity contribution is 0.357. The summed E-state index contributed by atoms with van der Waals surface area (Å²) in [6.07, 6.45) is 0. The maximum atomic E-state index is 9.79. The molecule has 1 atom stereocenters. The zero-order valence-electron chi connectivity index (χ0n) is 8.57. The fourth-order valence-electron chi connectivity index (χ4n) is 1.35. The van der Waals surface area contributed by atoms with Crippen molar-refractivity contribution in [3.63, 3.8) is 0 Å². The van der Waals surface area contributed by atoms with Gasteiger partial charge in [0.25, 0.3) is 0 Å². The van der Waals surface area contributed by atoms with Crippen LogP contribution in [0.15, 0.2) is 12.1 Å². The highest BCUT2D eigenvalue weighted by Crippen LogP contribution is 2.39. The second-order valence-corrected chi connectivity index (χ2v) is 3.02. The zero-order chi connectivity index (χ0) is 10.7. The molecule has 78 valence electrons. The lowest BCUT2D eigenvalue weighted by atomic mass is 10.1. The van der Waals surface area contributed by atoms with Crippen LogP contribution in [-0.2, 0) is 0 Å². The van der Waals surface area contributed by atoms with Gasteiger partial charge in [-0.05, 0) is 19.1 Å². The van der Waals surface area contributed by atoms with Crippen molar-refractivity contribution in [3.05, 3.63) is 17.7 Å². The van der Waals surface area contributed by atoms with Gasteiger partial charge in [-0.1, -0.05) is 0 Å². The van der Waals surface area contributed by atoms with E-state index in [-0.39, 0.29) is 11.8 Å². The fourth-order valence-corrected chi connectivity index (χ4v) is 1.35. The molecule has 0 radical (unpaired) electrons. The molecule has 4 heteroatoms. The molecule has 0 aromatic heterocycles. The van der Waals surface area contributed by atoms with Crippen LogP contribution in [0.4, 0.5) is 0 Å². The first kappa shape index (κ1) is 10.7. The van der Waals surface area contributed by atoms with Crippen LogP contribution in [0, 0.1) is 0 Å². The van der Waals surface area contributed by atoms with E-state index in [4.69, 9.17) is 15.2 Å². The molecular formula is C10H15NO3. The van der Waals surface area contributed by atoms with E-state index in [1.54, 1.807) is 19.1 Å². The van der Waals surface area contributed by atoms with Crippen molar-refractivity contribution >= 4 is 0 Å². The number of methoxy groups -OCH3 is 2. The van der Waals surface area contributed by atoms with Gasteiger partial charge in [0.15, 0.2) is 11.5 Å². The Morgan fingerprint density at radius 1 is 1.21 bits per heavy atom. The van der Waals surface area contributed by atoms with E-state index in [9.17, 15) is 5.11 Å². The van der Waals surface area contributed by atoms with E-state index in [0.29, 0.717) is 17.1 Å². The molecule has 0 heterocycles. The highest BCUT2D eigenvalue weighted by atomic mass is 16.5. The maximum Gasteiger partial charge on any atom is 0.166 e. The largest absolute Gasteiger partial charge is 0.504 e. The summed E-state index contributed by atoms with van der Waals surface area (Å²) in [6, 6.07) is 3.05. The van der Waals surface area contributed by atoms with Gasteiger partial charge in [0.05, 0.1) is 19.8 Å². The van der Waals surface area contributed by atoms with Crippen LogP contribution in [0.2, 0.25) is 0 Å². The molecule has 1 aromatic rings. The molecule has 0 aliphatic carbocycles. The minimum Gasteiger partial charge on any atom is -0.504 e. The molecule has 0 aliphatic heterocycles. The predicted molar refractivity (Wildman–Crippen MR) is 53.8 cm³/mol. The van der Waals surface area contributed by atoms with Crippen LogP contribution in [0.25, 0.3) is 0 Å². The monoisotopic (exact) mass is 197 g/mol. The molecule has 14 heavy (non-hydrogen) atoms. The minimum absolute atomic E-state index is 0.0434. The van der Waals surface area contributed by atoms with Crippen molar-refractivity contribution in [1.29, 1.82) is 0 Å². The summed E-state index contributed by atoms with van der Waals surface area (Å²) in [5.41, 5.74) is 6.28. The predicted octanol–water partition coefficient (Wildman–Crippen LogP) is 1.43. The number of benzene rings is 1. The molecule has 1 rings (SSSR count). The molecule has 0 saturated carbocycles. The Morgan fingerprint density at radius 2 is 1.71 bits per heavy atom. The van der Waals surface area contributed by atoms with E-state index in [2.05, 4.69) is 0 Å². The van der Waals surface area contributed by atoms with Gasteiger partial charge in [-0.25, -0.2) is 0 Å². The van der Waals surface area contributed by atoms with Crippen molar-refractivity contribution in [2.24, 2.45) is 5.73 Å². The third-order valence-corrected chi connectivity index (χ3v) is 2.04. The van der Waals surface area contributed by atoms with Gasteiger partial charge in [0.1, 0.15) is 5.75 Å². The Hall–Kier alpha value is -1.42. The highest BCUT2D eigenvalue weighted by Gasteiger charge is 2.16. The smallest absolute Gasteiger partial charge is 0.166 e. The van der Waals surface area contributed by atoms with Gasteiger partial charge >= 0.3 is 0 Å². The second kappa shape index (κ2) is 4.19. The number of phenols is 1. The van der Waals surface area contributed by atoms with Crippen LogP contribution in [0.1, 0.15) is 18.5 Å². The number of rotatable bonds is 3. The lowest BCUT2D eigenvalue weighted by Crippen LogP contribution is -2.07. The quantitative estimate of drug-likeness (QED) is 0.769. The molecule has 0 saturated heterocycles. The van der Waals surface area contributed by atoms with E-state index in [1.807, 2.05) is 0 Å². The first-order chi connectivity index (χ1) is 6.61.